The highest BCUT2D eigenvalue weighted by molar-refractivity contribution is 6.32. The van der Waals surface area contributed by atoms with Crippen molar-refractivity contribution in [1.82, 2.24) is 19.6 Å². The van der Waals surface area contributed by atoms with Crippen molar-refractivity contribution in [2.45, 2.75) is 47.4 Å². The second-order valence-electron chi connectivity index (χ2n) is 7.32. The first-order chi connectivity index (χ1) is 14.6. The summed E-state index contributed by atoms with van der Waals surface area (Å²) in [4.78, 5) is 24.0. The van der Waals surface area contributed by atoms with Crippen LogP contribution in [0.15, 0.2) is 24.4 Å². The molecular formula is C21H24ClN5O4. The predicted octanol–water partition coefficient (Wildman–Crippen LogP) is 3.90. The van der Waals surface area contributed by atoms with E-state index in [2.05, 4.69) is 15.5 Å². The largest absolute Gasteiger partial charge is 0.477 e. The lowest BCUT2D eigenvalue weighted by Crippen LogP contribution is -2.27. The summed E-state index contributed by atoms with van der Waals surface area (Å²) in [6.07, 6.45) is 1.35. The maximum Gasteiger partial charge on any atom is 0.354 e. The fourth-order valence-corrected chi connectivity index (χ4v) is 3.37. The molecule has 0 saturated heterocycles. The number of nitrogens with one attached hydrogen (secondary N) is 1. The Morgan fingerprint density at radius 2 is 1.87 bits per heavy atom. The van der Waals surface area contributed by atoms with Gasteiger partial charge in [0.15, 0.2) is 6.73 Å². The summed E-state index contributed by atoms with van der Waals surface area (Å²) in [5.41, 5.74) is 3.66. The van der Waals surface area contributed by atoms with Crippen molar-refractivity contribution in [2.75, 3.05) is 5.32 Å². The summed E-state index contributed by atoms with van der Waals surface area (Å²) in [5, 5.41) is 21.2. The molecule has 0 aliphatic carbocycles. The number of carboxylic acid groups (broad SMARTS) is 1. The maximum absolute atomic E-state index is 12.7. The summed E-state index contributed by atoms with van der Waals surface area (Å²) in [7, 11) is 0. The molecule has 2 aromatic heterocycles. The summed E-state index contributed by atoms with van der Waals surface area (Å²) in [6.45, 7) is 9.15. The van der Waals surface area contributed by atoms with Crippen molar-refractivity contribution >= 4 is 29.2 Å². The van der Waals surface area contributed by atoms with Gasteiger partial charge in [-0.2, -0.15) is 10.2 Å². The first-order valence-corrected chi connectivity index (χ1v) is 9.99. The molecule has 164 valence electrons. The van der Waals surface area contributed by atoms with Crippen LogP contribution in [0.5, 0.6) is 5.75 Å². The SMILES string of the molecule is Cc1cc(OCn2nc(C)c(NC(=O)C(C)n3nccc3C(=O)O)c2C)cc(C)c1Cl. The summed E-state index contributed by atoms with van der Waals surface area (Å²) in [5.74, 6) is -0.880. The van der Waals surface area contributed by atoms with Crippen LogP contribution < -0.4 is 10.1 Å². The number of aromatic nitrogens is 4. The van der Waals surface area contributed by atoms with Crippen LogP contribution in [-0.2, 0) is 11.5 Å². The topological polar surface area (TPSA) is 111 Å². The van der Waals surface area contributed by atoms with Crippen molar-refractivity contribution < 1.29 is 19.4 Å². The predicted molar refractivity (Wildman–Crippen MR) is 116 cm³/mol. The molecule has 0 spiro atoms. The zero-order valence-corrected chi connectivity index (χ0v) is 18.7. The zero-order chi connectivity index (χ0) is 22.9. The van der Waals surface area contributed by atoms with E-state index in [-0.39, 0.29) is 12.4 Å². The molecule has 3 aromatic rings. The summed E-state index contributed by atoms with van der Waals surface area (Å²) in [6, 6.07) is 4.24. The third-order valence-corrected chi connectivity index (χ3v) is 5.63. The molecule has 1 aromatic carbocycles. The molecule has 2 heterocycles. The molecule has 0 saturated carbocycles. The number of hydrogen-bond acceptors (Lipinski definition) is 5. The summed E-state index contributed by atoms with van der Waals surface area (Å²) < 4.78 is 8.67. The molecule has 1 amide bonds. The van der Waals surface area contributed by atoms with E-state index in [0.717, 1.165) is 11.1 Å². The van der Waals surface area contributed by atoms with Crippen LogP contribution in [0, 0.1) is 27.7 Å². The Hall–Kier alpha value is -3.33. The minimum absolute atomic E-state index is 0.0614. The fourth-order valence-electron chi connectivity index (χ4n) is 3.26. The van der Waals surface area contributed by atoms with Crippen molar-refractivity contribution in [3.63, 3.8) is 0 Å². The first-order valence-electron chi connectivity index (χ1n) is 9.61. The van der Waals surface area contributed by atoms with Gasteiger partial charge in [0.1, 0.15) is 17.5 Å². The summed E-state index contributed by atoms with van der Waals surface area (Å²) >= 11 is 6.20. The van der Waals surface area contributed by atoms with Gasteiger partial charge >= 0.3 is 5.97 Å². The van der Waals surface area contributed by atoms with Gasteiger partial charge in [0, 0.05) is 11.2 Å². The highest BCUT2D eigenvalue weighted by Crippen LogP contribution is 2.27. The second kappa shape index (κ2) is 8.81. The lowest BCUT2D eigenvalue weighted by Gasteiger charge is -2.15. The highest BCUT2D eigenvalue weighted by atomic mass is 35.5. The molecule has 10 heteroatoms. The van der Waals surface area contributed by atoms with Gasteiger partial charge in [0.25, 0.3) is 0 Å². The third-order valence-electron chi connectivity index (χ3n) is 5.03. The van der Waals surface area contributed by atoms with Gasteiger partial charge in [-0.15, -0.1) is 0 Å². The number of carbonyl (C=O) groups excluding carboxylic acids is 1. The van der Waals surface area contributed by atoms with E-state index >= 15 is 0 Å². The van der Waals surface area contributed by atoms with Crippen LogP contribution in [0.1, 0.15) is 46.0 Å². The first kappa shape index (κ1) is 22.4. The average molecular weight is 446 g/mol. The highest BCUT2D eigenvalue weighted by Gasteiger charge is 2.23. The maximum atomic E-state index is 12.7. The third kappa shape index (κ3) is 4.56. The van der Waals surface area contributed by atoms with Crippen LogP contribution in [0.4, 0.5) is 5.69 Å². The molecule has 1 unspecified atom stereocenters. The second-order valence-corrected chi connectivity index (χ2v) is 7.70. The standard InChI is InChI=1S/C21H24ClN5O4/c1-11-8-16(9-12(2)18(11)22)31-10-26-14(4)19(13(3)25-26)24-20(28)15(5)27-17(21(29)30)6-7-23-27/h6-9,15H,10H2,1-5H3,(H,24,28)(H,29,30). The van der Waals surface area contributed by atoms with Crippen molar-refractivity contribution in [3.8, 4) is 5.75 Å². The Kier molecular flexibility index (Phi) is 6.35. The van der Waals surface area contributed by atoms with Crippen LogP contribution in [-0.4, -0.2) is 36.5 Å². The van der Waals surface area contributed by atoms with Gasteiger partial charge in [-0.05, 0) is 63.9 Å². The van der Waals surface area contributed by atoms with E-state index < -0.39 is 17.9 Å². The number of halogens is 1. The number of benzene rings is 1. The zero-order valence-electron chi connectivity index (χ0n) is 17.9. The molecule has 0 fully saturated rings. The van der Waals surface area contributed by atoms with Gasteiger partial charge in [-0.3, -0.25) is 4.79 Å². The van der Waals surface area contributed by atoms with Crippen molar-refractivity contribution in [1.29, 1.82) is 0 Å². The number of carboxylic acids is 1. The molecule has 0 aliphatic rings. The Morgan fingerprint density at radius 3 is 2.48 bits per heavy atom. The van der Waals surface area contributed by atoms with E-state index in [1.54, 1.807) is 18.5 Å². The number of anilines is 1. The van der Waals surface area contributed by atoms with Crippen molar-refractivity contribution in [3.05, 3.63) is 57.6 Å². The van der Waals surface area contributed by atoms with Gasteiger partial charge in [-0.25, -0.2) is 14.2 Å². The van der Waals surface area contributed by atoms with Crippen LogP contribution in [0.3, 0.4) is 0 Å². The number of aryl methyl sites for hydroxylation is 3. The smallest absolute Gasteiger partial charge is 0.354 e. The fraction of sp³-hybridized carbons (Fsp3) is 0.333. The number of ether oxygens (including phenoxy) is 1. The molecule has 9 nitrogen and oxygen atoms in total. The van der Waals surface area contributed by atoms with Gasteiger partial charge < -0.3 is 15.2 Å². The molecule has 1 atom stereocenters. The minimum Gasteiger partial charge on any atom is -0.477 e. The molecule has 2 N–H and O–H groups in total. The number of rotatable bonds is 7. The number of amides is 1. The van der Waals surface area contributed by atoms with Crippen LogP contribution >= 0.6 is 11.6 Å². The molecule has 0 radical (unpaired) electrons. The number of nitrogens with zero attached hydrogens (tertiary/aromatic N) is 4. The van der Waals surface area contributed by atoms with E-state index in [1.807, 2.05) is 32.9 Å². The van der Waals surface area contributed by atoms with Gasteiger partial charge in [0.2, 0.25) is 5.91 Å². The van der Waals surface area contributed by atoms with Crippen molar-refractivity contribution in [2.24, 2.45) is 0 Å². The van der Waals surface area contributed by atoms with E-state index in [9.17, 15) is 14.7 Å². The molecular weight excluding hydrogens is 422 g/mol. The van der Waals surface area contributed by atoms with E-state index in [4.69, 9.17) is 16.3 Å². The number of carbonyl (C=O) groups is 2. The lowest BCUT2D eigenvalue weighted by molar-refractivity contribution is -0.119. The monoisotopic (exact) mass is 445 g/mol. The molecule has 31 heavy (non-hydrogen) atoms. The Morgan fingerprint density at radius 1 is 1.23 bits per heavy atom. The normalized spacial score (nSPS) is 11.9. The number of hydrogen-bond donors (Lipinski definition) is 2. The lowest BCUT2D eigenvalue weighted by atomic mass is 10.1. The average Bonchev–Trinajstić information content (AvgIpc) is 3.30. The Balaban J connectivity index is 1.74. The Bertz CT molecular complexity index is 1130. The molecule has 3 rings (SSSR count). The van der Waals surface area contributed by atoms with E-state index in [0.29, 0.717) is 27.8 Å². The van der Waals surface area contributed by atoms with Gasteiger partial charge in [-0.1, -0.05) is 11.6 Å². The number of aromatic carboxylic acids is 1. The molecule has 0 aliphatic heterocycles. The van der Waals surface area contributed by atoms with Crippen LogP contribution in [0.2, 0.25) is 5.02 Å². The van der Waals surface area contributed by atoms with Crippen LogP contribution in [0.25, 0.3) is 0 Å². The Labute approximate surface area is 184 Å². The molecule has 0 bridgehead atoms. The quantitative estimate of drug-likeness (QED) is 0.570. The minimum atomic E-state index is -1.15. The van der Waals surface area contributed by atoms with Gasteiger partial charge in [0.05, 0.1) is 17.1 Å². The van der Waals surface area contributed by atoms with E-state index in [1.165, 1.54) is 16.9 Å².